The summed E-state index contributed by atoms with van der Waals surface area (Å²) >= 11 is 0. The molecule has 0 saturated carbocycles. The van der Waals surface area contributed by atoms with E-state index in [-0.39, 0.29) is 17.0 Å². The van der Waals surface area contributed by atoms with Crippen LogP contribution in [0.3, 0.4) is 0 Å². The fourth-order valence-corrected chi connectivity index (χ4v) is 3.35. The largest absolute Gasteiger partial charge is 0.429 e. The molecule has 0 unspecified atom stereocenters. The minimum Gasteiger partial charge on any atom is -0.429 e. The van der Waals surface area contributed by atoms with Gasteiger partial charge in [-0.1, -0.05) is 37.3 Å². The molecule has 0 aliphatic carbocycles. The maximum absolute atomic E-state index is 14.7. The summed E-state index contributed by atoms with van der Waals surface area (Å²) in [5, 5.41) is 0. The third-order valence-corrected chi connectivity index (χ3v) is 5.09. The van der Waals surface area contributed by atoms with Crippen molar-refractivity contribution in [1.82, 2.24) is 0 Å². The van der Waals surface area contributed by atoms with Gasteiger partial charge in [0, 0.05) is 23.1 Å². The van der Waals surface area contributed by atoms with Crippen LogP contribution in [-0.2, 0) is 15.6 Å². The molecule has 0 bridgehead atoms. The molecule has 0 amide bonds. The Morgan fingerprint density at radius 1 is 0.818 bits per heavy atom. The fraction of sp³-hybridized carbons (Fsp3) is 0.250. The van der Waals surface area contributed by atoms with Crippen molar-refractivity contribution in [2.75, 3.05) is 13.2 Å². The minimum atomic E-state index is -4.34. The summed E-state index contributed by atoms with van der Waals surface area (Å²) in [5.74, 6) is -6.51. The molecule has 0 aromatic heterocycles. The Hall–Kier alpha value is -3.04. The van der Waals surface area contributed by atoms with Crippen LogP contribution in [0, 0.1) is 29.2 Å². The van der Waals surface area contributed by atoms with E-state index in [1.165, 1.54) is 12.1 Å². The van der Waals surface area contributed by atoms with Crippen LogP contribution in [0.5, 0.6) is 5.75 Å². The summed E-state index contributed by atoms with van der Waals surface area (Å²) < 4.78 is 99.9. The van der Waals surface area contributed by atoms with Gasteiger partial charge in [0.15, 0.2) is 29.6 Å². The molecule has 0 radical (unpaired) electrons. The molecule has 3 aromatic carbocycles. The molecule has 174 valence electrons. The molecule has 3 nitrogen and oxygen atoms in total. The zero-order chi connectivity index (χ0) is 23.8. The van der Waals surface area contributed by atoms with Crippen LogP contribution in [-0.4, -0.2) is 13.2 Å². The van der Waals surface area contributed by atoms with E-state index in [1.54, 1.807) is 12.1 Å². The fourth-order valence-electron chi connectivity index (χ4n) is 3.35. The van der Waals surface area contributed by atoms with Gasteiger partial charge in [-0.25, -0.2) is 17.6 Å². The number of ether oxygens (including phenoxy) is 3. The standard InChI is InChI=1S/C24H18F6O3/c1-13-11-31-23(32-12-13)15-4-2-14(3-5-15)17-7-8-18(22(28)21(17)27)24(29,30)33-16-6-9-19(25)20(26)10-16/h2-10,13,23H,11-12H2,1H3. The third-order valence-electron chi connectivity index (χ3n) is 5.09. The lowest BCUT2D eigenvalue weighted by molar-refractivity contribution is -0.202. The summed E-state index contributed by atoms with van der Waals surface area (Å²) in [6, 6.07) is 9.58. The Morgan fingerprint density at radius 2 is 1.48 bits per heavy atom. The predicted octanol–water partition coefficient (Wildman–Crippen LogP) is 6.72. The second kappa shape index (κ2) is 9.07. The van der Waals surface area contributed by atoms with Gasteiger partial charge in [-0.2, -0.15) is 8.78 Å². The zero-order valence-electron chi connectivity index (χ0n) is 17.3. The van der Waals surface area contributed by atoms with E-state index in [4.69, 9.17) is 9.47 Å². The van der Waals surface area contributed by atoms with Crippen LogP contribution < -0.4 is 4.74 Å². The van der Waals surface area contributed by atoms with Crippen molar-refractivity contribution < 1.29 is 40.6 Å². The van der Waals surface area contributed by atoms with E-state index in [9.17, 15) is 26.3 Å². The van der Waals surface area contributed by atoms with Crippen molar-refractivity contribution >= 4 is 0 Å². The Bertz CT molecular complexity index is 1140. The second-order valence-electron chi connectivity index (χ2n) is 7.71. The van der Waals surface area contributed by atoms with Gasteiger partial charge in [0.2, 0.25) is 0 Å². The highest BCUT2D eigenvalue weighted by Gasteiger charge is 2.39. The quantitative estimate of drug-likeness (QED) is 0.389. The van der Waals surface area contributed by atoms with Crippen molar-refractivity contribution in [2.24, 2.45) is 5.92 Å². The molecule has 1 fully saturated rings. The molecule has 3 aromatic rings. The summed E-state index contributed by atoms with van der Waals surface area (Å²) in [6.45, 7) is 3.02. The Kier molecular flexibility index (Phi) is 6.36. The molecular weight excluding hydrogens is 450 g/mol. The molecule has 0 N–H and O–H groups in total. The van der Waals surface area contributed by atoms with Gasteiger partial charge in [0.05, 0.1) is 13.2 Å². The maximum atomic E-state index is 14.7. The lowest BCUT2D eigenvalue weighted by Crippen LogP contribution is -2.25. The first kappa shape index (κ1) is 23.1. The number of hydrogen-bond acceptors (Lipinski definition) is 3. The maximum Gasteiger partial charge on any atom is 0.429 e. The van der Waals surface area contributed by atoms with Gasteiger partial charge >= 0.3 is 6.11 Å². The van der Waals surface area contributed by atoms with E-state index >= 15 is 0 Å². The molecule has 1 saturated heterocycles. The van der Waals surface area contributed by atoms with Gasteiger partial charge in [0.25, 0.3) is 0 Å². The molecule has 4 rings (SSSR count). The van der Waals surface area contributed by atoms with Crippen LogP contribution in [0.25, 0.3) is 11.1 Å². The van der Waals surface area contributed by atoms with Crippen molar-refractivity contribution in [3.63, 3.8) is 0 Å². The summed E-state index contributed by atoms with van der Waals surface area (Å²) in [7, 11) is 0. The van der Waals surface area contributed by atoms with Gasteiger partial charge in [-0.15, -0.1) is 0 Å². The first-order chi connectivity index (χ1) is 15.7. The van der Waals surface area contributed by atoms with Crippen molar-refractivity contribution in [1.29, 1.82) is 0 Å². The van der Waals surface area contributed by atoms with Gasteiger partial charge in [0.1, 0.15) is 11.3 Å². The van der Waals surface area contributed by atoms with E-state index in [0.29, 0.717) is 37.0 Å². The van der Waals surface area contributed by atoms with Crippen LogP contribution in [0.4, 0.5) is 26.3 Å². The summed E-state index contributed by atoms with van der Waals surface area (Å²) in [5.41, 5.74) is -0.709. The Balaban J connectivity index is 1.57. The second-order valence-corrected chi connectivity index (χ2v) is 7.71. The molecule has 33 heavy (non-hydrogen) atoms. The van der Waals surface area contributed by atoms with Crippen molar-refractivity contribution in [2.45, 2.75) is 19.3 Å². The minimum absolute atomic E-state index is 0.245. The van der Waals surface area contributed by atoms with Crippen LogP contribution in [0.2, 0.25) is 0 Å². The smallest absolute Gasteiger partial charge is 0.429 e. The third kappa shape index (κ3) is 4.84. The lowest BCUT2D eigenvalue weighted by atomic mass is 10.0. The Morgan fingerprint density at radius 3 is 2.12 bits per heavy atom. The van der Waals surface area contributed by atoms with Crippen molar-refractivity contribution in [3.8, 4) is 16.9 Å². The van der Waals surface area contributed by atoms with Crippen molar-refractivity contribution in [3.05, 3.63) is 89.0 Å². The first-order valence-electron chi connectivity index (χ1n) is 9.99. The molecule has 0 spiro atoms. The monoisotopic (exact) mass is 468 g/mol. The van der Waals surface area contributed by atoms with E-state index in [0.717, 1.165) is 12.1 Å². The van der Waals surface area contributed by atoms with E-state index < -0.39 is 47.0 Å². The topological polar surface area (TPSA) is 27.7 Å². The first-order valence-corrected chi connectivity index (χ1v) is 9.99. The molecule has 1 aliphatic rings. The average molecular weight is 468 g/mol. The van der Waals surface area contributed by atoms with Crippen LogP contribution in [0.15, 0.2) is 54.6 Å². The highest BCUT2D eigenvalue weighted by Crippen LogP contribution is 2.37. The summed E-state index contributed by atoms with van der Waals surface area (Å²) in [4.78, 5) is 0. The number of benzene rings is 3. The van der Waals surface area contributed by atoms with Crippen LogP contribution >= 0.6 is 0 Å². The van der Waals surface area contributed by atoms with Gasteiger partial charge in [-0.05, 0) is 23.8 Å². The lowest BCUT2D eigenvalue weighted by Gasteiger charge is -2.27. The normalized spacial score (nSPS) is 18.9. The highest BCUT2D eigenvalue weighted by molar-refractivity contribution is 5.65. The molecular formula is C24H18F6O3. The molecule has 9 heteroatoms. The molecule has 1 aliphatic heterocycles. The van der Waals surface area contributed by atoms with Gasteiger partial charge < -0.3 is 14.2 Å². The van der Waals surface area contributed by atoms with Crippen LogP contribution in [0.1, 0.15) is 24.3 Å². The zero-order valence-corrected chi connectivity index (χ0v) is 17.3. The number of alkyl halides is 2. The number of halogens is 6. The number of hydrogen-bond donors (Lipinski definition) is 0. The predicted molar refractivity (Wildman–Crippen MR) is 106 cm³/mol. The highest BCUT2D eigenvalue weighted by atomic mass is 19.3. The Labute approximate surface area is 185 Å². The molecule has 1 heterocycles. The SMILES string of the molecule is CC1COC(c2ccc(-c3ccc(C(F)(F)Oc4ccc(F)c(F)c4)c(F)c3F)cc2)OC1. The summed E-state index contributed by atoms with van der Waals surface area (Å²) in [6.07, 6.45) is -4.92. The average Bonchev–Trinajstić information content (AvgIpc) is 2.78. The molecule has 0 atom stereocenters. The number of rotatable bonds is 5. The van der Waals surface area contributed by atoms with Gasteiger partial charge in [-0.3, -0.25) is 0 Å². The van der Waals surface area contributed by atoms with E-state index in [2.05, 4.69) is 4.74 Å². The van der Waals surface area contributed by atoms with E-state index in [1.807, 2.05) is 6.92 Å².